The number of carbonyl (C=O) groups is 3. The molecule has 9 nitrogen and oxygen atoms in total. The fraction of sp³-hybridized carbons (Fsp3) is 0.419. The van der Waals surface area contributed by atoms with Gasteiger partial charge in [-0.25, -0.2) is 14.6 Å². The number of hydrogen-bond donors (Lipinski definition) is 1. The number of nitrogens with one attached hydrogen (secondary N) is 1. The average Bonchev–Trinajstić information content (AvgIpc) is 3.51. The number of amides is 2. The lowest BCUT2D eigenvalue weighted by molar-refractivity contribution is -0.152. The largest absolute Gasteiger partial charge is 0.482 e. The quantitative estimate of drug-likeness (QED) is 0.303. The molecule has 0 unspecified atom stereocenters. The number of anilines is 1. The number of esters is 1. The van der Waals surface area contributed by atoms with Gasteiger partial charge in [-0.05, 0) is 68.4 Å². The van der Waals surface area contributed by atoms with Crippen LogP contribution in [0.1, 0.15) is 71.1 Å². The van der Waals surface area contributed by atoms with E-state index in [2.05, 4.69) is 10.3 Å². The van der Waals surface area contributed by atoms with Crippen LogP contribution in [-0.4, -0.2) is 53.7 Å². The monoisotopic (exact) mass is 577 g/mol. The highest BCUT2D eigenvalue weighted by molar-refractivity contribution is 7.13. The second-order valence-corrected chi connectivity index (χ2v) is 11.4. The number of benzene rings is 2. The molecule has 0 bridgehead atoms. The molecule has 5 rings (SSSR count). The Morgan fingerprint density at radius 2 is 1.66 bits per heavy atom. The third-order valence-corrected chi connectivity index (χ3v) is 8.53. The van der Waals surface area contributed by atoms with E-state index in [0.29, 0.717) is 29.4 Å². The SMILES string of the molecule is O=C(COc1ccc(NC(=O)c2cnc(C3CCN(C(=O)OCc4ccccc4)CC3)s2)cc1)OC1CCCCC1. The molecule has 2 fully saturated rings. The maximum absolute atomic E-state index is 12.8. The Morgan fingerprint density at radius 3 is 2.39 bits per heavy atom. The second-order valence-electron chi connectivity index (χ2n) is 10.4. The summed E-state index contributed by atoms with van der Waals surface area (Å²) in [5.41, 5.74) is 1.57. The van der Waals surface area contributed by atoms with Crippen molar-refractivity contribution in [3.63, 3.8) is 0 Å². The van der Waals surface area contributed by atoms with Crippen LogP contribution in [0.15, 0.2) is 60.8 Å². The van der Waals surface area contributed by atoms with Crippen LogP contribution in [-0.2, 0) is 20.9 Å². The van der Waals surface area contributed by atoms with Gasteiger partial charge in [0.1, 0.15) is 23.3 Å². The number of piperidine rings is 1. The van der Waals surface area contributed by atoms with Gasteiger partial charge in [0.25, 0.3) is 5.91 Å². The van der Waals surface area contributed by atoms with Gasteiger partial charge in [-0.3, -0.25) is 4.79 Å². The molecule has 10 heteroatoms. The van der Waals surface area contributed by atoms with E-state index in [9.17, 15) is 14.4 Å². The molecule has 1 N–H and O–H groups in total. The van der Waals surface area contributed by atoms with Crippen molar-refractivity contribution in [1.82, 2.24) is 9.88 Å². The predicted octanol–water partition coefficient (Wildman–Crippen LogP) is 6.17. The Labute approximate surface area is 243 Å². The third kappa shape index (κ3) is 8.29. The van der Waals surface area contributed by atoms with E-state index in [1.54, 1.807) is 35.4 Å². The summed E-state index contributed by atoms with van der Waals surface area (Å²) in [5.74, 6) is 0.129. The zero-order valence-electron chi connectivity index (χ0n) is 23.0. The van der Waals surface area contributed by atoms with Crippen molar-refractivity contribution in [2.75, 3.05) is 25.0 Å². The Hall–Kier alpha value is -3.92. The van der Waals surface area contributed by atoms with E-state index < -0.39 is 0 Å². The van der Waals surface area contributed by atoms with Gasteiger partial charge >= 0.3 is 12.1 Å². The smallest absolute Gasteiger partial charge is 0.410 e. The van der Waals surface area contributed by atoms with Gasteiger partial charge in [-0.1, -0.05) is 36.8 Å². The highest BCUT2D eigenvalue weighted by atomic mass is 32.1. The van der Waals surface area contributed by atoms with E-state index in [1.807, 2.05) is 30.3 Å². The molecule has 2 aromatic carbocycles. The molecule has 3 aromatic rings. The van der Waals surface area contributed by atoms with E-state index in [1.165, 1.54) is 17.8 Å². The molecule has 1 aliphatic carbocycles. The lowest BCUT2D eigenvalue weighted by atomic mass is 9.98. The Kier molecular flexibility index (Phi) is 9.85. The summed E-state index contributed by atoms with van der Waals surface area (Å²) in [6, 6.07) is 16.5. The number of ether oxygens (including phenoxy) is 3. The first-order chi connectivity index (χ1) is 20.0. The maximum atomic E-state index is 12.8. The van der Waals surface area contributed by atoms with Crippen LogP contribution in [0.2, 0.25) is 0 Å². The van der Waals surface area contributed by atoms with Gasteiger partial charge in [0.2, 0.25) is 0 Å². The first-order valence-corrected chi connectivity index (χ1v) is 15.0. The van der Waals surface area contributed by atoms with Crippen molar-refractivity contribution in [3.05, 3.63) is 76.2 Å². The van der Waals surface area contributed by atoms with E-state index in [4.69, 9.17) is 14.2 Å². The van der Waals surface area contributed by atoms with E-state index >= 15 is 0 Å². The zero-order valence-corrected chi connectivity index (χ0v) is 23.8. The Bertz CT molecular complexity index is 1300. The van der Waals surface area contributed by atoms with Crippen LogP contribution in [0.4, 0.5) is 10.5 Å². The van der Waals surface area contributed by atoms with Crippen LogP contribution in [0.3, 0.4) is 0 Å². The Morgan fingerprint density at radius 1 is 0.927 bits per heavy atom. The summed E-state index contributed by atoms with van der Waals surface area (Å²) in [5, 5.41) is 3.78. The summed E-state index contributed by atoms with van der Waals surface area (Å²) in [6.45, 7) is 1.30. The predicted molar refractivity (Wildman–Crippen MR) is 155 cm³/mol. The van der Waals surface area contributed by atoms with Gasteiger partial charge in [0.05, 0.1) is 11.2 Å². The molecule has 0 spiro atoms. The highest BCUT2D eigenvalue weighted by Gasteiger charge is 2.27. The minimum Gasteiger partial charge on any atom is -0.482 e. The van der Waals surface area contributed by atoms with Crippen molar-refractivity contribution in [2.45, 2.75) is 63.6 Å². The first-order valence-electron chi connectivity index (χ1n) is 14.2. The molecule has 1 aliphatic heterocycles. The fourth-order valence-corrected chi connectivity index (χ4v) is 6.06. The van der Waals surface area contributed by atoms with Crippen molar-refractivity contribution >= 4 is 35.0 Å². The second kappa shape index (κ2) is 14.1. The third-order valence-electron chi connectivity index (χ3n) is 7.37. The minimum atomic E-state index is -0.357. The van der Waals surface area contributed by atoms with Crippen molar-refractivity contribution in [3.8, 4) is 5.75 Å². The molecule has 0 radical (unpaired) electrons. The number of hydrogen-bond acceptors (Lipinski definition) is 8. The molecule has 2 amide bonds. The molecule has 1 saturated heterocycles. The molecule has 1 saturated carbocycles. The first kappa shape index (κ1) is 28.6. The average molecular weight is 578 g/mol. The maximum Gasteiger partial charge on any atom is 0.410 e. The number of aromatic nitrogens is 1. The number of rotatable bonds is 9. The zero-order chi connectivity index (χ0) is 28.4. The van der Waals surface area contributed by atoms with Gasteiger partial charge < -0.3 is 24.4 Å². The van der Waals surface area contributed by atoms with Crippen molar-refractivity contribution in [1.29, 1.82) is 0 Å². The number of thiazole rings is 1. The molecule has 2 aliphatic rings. The van der Waals surface area contributed by atoms with Crippen molar-refractivity contribution < 1.29 is 28.6 Å². The normalized spacial score (nSPS) is 16.1. The van der Waals surface area contributed by atoms with Crippen LogP contribution in [0, 0.1) is 0 Å². The number of likely N-dealkylation sites (tertiary alicyclic amines) is 1. The molecule has 2 heterocycles. The highest BCUT2D eigenvalue weighted by Crippen LogP contribution is 2.32. The molecular weight excluding hydrogens is 542 g/mol. The summed E-state index contributed by atoms with van der Waals surface area (Å²) < 4.78 is 16.5. The molecule has 1 aromatic heterocycles. The number of carbonyl (C=O) groups excluding carboxylic acids is 3. The summed E-state index contributed by atoms with van der Waals surface area (Å²) in [4.78, 5) is 44.1. The Balaban J connectivity index is 1.04. The lowest BCUT2D eigenvalue weighted by Crippen LogP contribution is -2.38. The van der Waals surface area contributed by atoms with Gasteiger partial charge in [-0.15, -0.1) is 11.3 Å². The van der Waals surface area contributed by atoms with E-state index in [0.717, 1.165) is 49.1 Å². The molecule has 41 heavy (non-hydrogen) atoms. The van der Waals surface area contributed by atoms with Crippen molar-refractivity contribution in [2.24, 2.45) is 0 Å². The van der Waals surface area contributed by atoms with Crippen LogP contribution in [0.5, 0.6) is 5.75 Å². The van der Waals surface area contributed by atoms with Gasteiger partial charge in [0, 0.05) is 24.7 Å². The van der Waals surface area contributed by atoms with Gasteiger partial charge in [-0.2, -0.15) is 0 Å². The summed E-state index contributed by atoms with van der Waals surface area (Å²) in [6.07, 6.45) is 8.09. The fourth-order valence-electron chi connectivity index (χ4n) is 5.07. The van der Waals surface area contributed by atoms with Crippen LogP contribution >= 0.6 is 11.3 Å². The topological polar surface area (TPSA) is 107 Å². The molecule has 216 valence electrons. The van der Waals surface area contributed by atoms with Crippen LogP contribution < -0.4 is 10.1 Å². The standard InChI is InChI=1S/C31H35N3O6S/c35-28(40-26-9-5-2-6-10-26)21-38-25-13-11-24(12-14-25)33-29(36)27-19-32-30(41-27)23-15-17-34(18-16-23)31(37)39-20-22-7-3-1-4-8-22/h1,3-4,7-8,11-14,19,23,26H,2,5-6,9-10,15-18,20-21H2,(H,33,36). The number of nitrogens with zero attached hydrogens (tertiary/aromatic N) is 2. The van der Waals surface area contributed by atoms with E-state index in [-0.39, 0.29) is 43.2 Å². The summed E-state index contributed by atoms with van der Waals surface area (Å²) >= 11 is 1.38. The molecule has 0 atom stereocenters. The van der Waals surface area contributed by atoms with Crippen LogP contribution in [0.25, 0.3) is 0 Å². The minimum absolute atomic E-state index is 0.00599. The molecular formula is C31H35N3O6S. The summed E-state index contributed by atoms with van der Waals surface area (Å²) in [7, 11) is 0. The van der Waals surface area contributed by atoms with Gasteiger partial charge in [0.15, 0.2) is 6.61 Å². The lowest BCUT2D eigenvalue weighted by Gasteiger charge is -2.30.